The largest absolute Gasteiger partial charge is 0.462 e. The molecule has 3 N–H and O–H groups in total. The van der Waals surface area contributed by atoms with Gasteiger partial charge in [-0.3, -0.25) is 4.79 Å². The van der Waals surface area contributed by atoms with Crippen LogP contribution in [0.2, 0.25) is 0 Å². The third-order valence-electron chi connectivity index (χ3n) is 11.3. The number of carbonyl (C=O) groups is 2. The van der Waals surface area contributed by atoms with Gasteiger partial charge < -0.3 is 24.8 Å². The number of aliphatic hydroxyl groups is 3. The standard InChI is InChI=1S/C30H48O7/c1-17(2)28(35)37-13-12-36-26(34)9-6-18(3)21-7-8-22-27-23(16-25(33)30(21,22)5)29(4)11-10-20(31)14-19(29)15-24(27)32/h18-25,27,31-33H,1,6-16H2,2-5H3/t18-,19+,20-,21-,22+,23+,24-,25+,27+,29+,30-/m1/s1. The molecule has 0 unspecified atom stereocenters. The van der Waals surface area contributed by atoms with Gasteiger partial charge in [0, 0.05) is 12.0 Å². The molecule has 4 aliphatic carbocycles. The highest BCUT2D eigenvalue weighted by Crippen LogP contribution is 2.68. The average Bonchev–Trinajstić information content (AvgIpc) is 3.20. The van der Waals surface area contributed by atoms with Gasteiger partial charge in [0.15, 0.2) is 0 Å². The molecule has 11 atom stereocenters. The second kappa shape index (κ2) is 11.0. The van der Waals surface area contributed by atoms with Crippen LogP contribution < -0.4 is 0 Å². The van der Waals surface area contributed by atoms with Crippen LogP contribution in [0.4, 0.5) is 0 Å². The van der Waals surface area contributed by atoms with E-state index in [2.05, 4.69) is 27.4 Å². The van der Waals surface area contributed by atoms with Crippen molar-refractivity contribution in [3.8, 4) is 0 Å². The highest BCUT2D eigenvalue weighted by atomic mass is 16.6. The first-order chi connectivity index (χ1) is 17.4. The molecule has 4 aliphatic rings. The molecule has 7 heteroatoms. The lowest BCUT2D eigenvalue weighted by Crippen LogP contribution is -2.62. The summed E-state index contributed by atoms with van der Waals surface area (Å²) in [6.07, 6.45) is 5.91. The van der Waals surface area contributed by atoms with E-state index in [9.17, 15) is 24.9 Å². The minimum Gasteiger partial charge on any atom is -0.462 e. The molecule has 4 rings (SSSR count). The number of hydrogen-bond donors (Lipinski definition) is 3. The lowest BCUT2D eigenvalue weighted by Gasteiger charge is -2.63. The predicted octanol–water partition coefficient (Wildman–Crippen LogP) is 4.03. The van der Waals surface area contributed by atoms with Gasteiger partial charge in [0.05, 0.1) is 18.3 Å². The van der Waals surface area contributed by atoms with Crippen molar-refractivity contribution >= 4 is 11.9 Å². The van der Waals surface area contributed by atoms with Crippen LogP contribution in [-0.2, 0) is 19.1 Å². The van der Waals surface area contributed by atoms with Crippen molar-refractivity contribution in [2.24, 2.45) is 46.3 Å². The van der Waals surface area contributed by atoms with E-state index in [1.165, 1.54) is 0 Å². The molecular weight excluding hydrogens is 472 g/mol. The average molecular weight is 521 g/mol. The Kier molecular flexibility index (Phi) is 8.47. The first kappa shape index (κ1) is 28.6. The summed E-state index contributed by atoms with van der Waals surface area (Å²) in [5.41, 5.74) is 0.101. The van der Waals surface area contributed by atoms with E-state index >= 15 is 0 Å². The van der Waals surface area contributed by atoms with E-state index in [0.29, 0.717) is 30.8 Å². The molecule has 0 spiro atoms. The lowest BCUT2D eigenvalue weighted by molar-refractivity contribution is -0.207. The summed E-state index contributed by atoms with van der Waals surface area (Å²) < 4.78 is 10.2. The minimum atomic E-state index is -0.490. The molecule has 0 amide bonds. The molecule has 4 saturated carbocycles. The number of ether oxygens (including phenoxy) is 2. The molecule has 0 aromatic heterocycles. The number of fused-ring (bicyclic) bond motifs is 5. The summed E-state index contributed by atoms with van der Waals surface area (Å²) in [5, 5.41) is 33.4. The molecule has 7 nitrogen and oxygen atoms in total. The van der Waals surface area contributed by atoms with E-state index in [-0.39, 0.29) is 71.8 Å². The van der Waals surface area contributed by atoms with Crippen molar-refractivity contribution in [2.75, 3.05) is 13.2 Å². The van der Waals surface area contributed by atoms with Crippen LogP contribution in [0.15, 0.2) is 12.2 Å². The van der Waals surface area contributed by atoms with Gasteiger partial charge in [-0.25, -0.2) is 4.79 Å². The fraction of sp³-hybridized carbons (Fsp3) is 0.867. The molecule has 37 heavy (non-hydrogen) atoms. The molecular formula is C30H48O7. The van der Waals surface area contributed by atoms with Crippen LogP contribution in [-0.4, -0.2) is 58.8 Å². The van der Waals surface area contributed by atoms with Gasteiger partial charge in [-0.05, 0) is 105 Å². The Labute approximate surface area is 222 Å². The third kappa shape index (κ3) is 5.25. The van der Waals surface area contributed by atoms with Crippen LogP contribution in [0, 0.1) is 46.3 Å². The second-order valence-electron chi connectivity index (χ2n) is 13.2. The molecule has 0 radical (unpaired) electrons. The lowest BCUT2D eigenvalue weighted by atomic mass is 9.43. The van der Waals surface area contributed by atoms with Gasteiger partial charge in [-0.2, -0.15) is 0 Å². The van der Waals surface area contributed by atoms with Crippen LogP contribution in [0.1, 0.15) is 85.5 Å². The van der Waals surface area contributed by atoms with Crippen molar-refractivity contribution in [2.45, 2.75) is 104 Å². The smallest absolute Gasteiger partial charge is 0.333 e. The zero-order valence-electron chi connectivity index (χ0n) is 23.2. The normalized spacial score (nSPS) is 43.6. The Morgan fingerprint density at radius 3 is 2.41 bits per heavy atom. The summed E-state index contributed by atoms with van der Waals surface area (Å²) in [4.78, 5) is 23.7. The number of hydrogen-bond acceptors (Lipinski definition) is 7. The Morgan fingerprint density at radius 2 is 1.70 bits per heavy atom. The van der Waals surface area contributed by atoms with Crippen molar-refractivity contribution < 1.29 is 34.4 Å². The van der Waals surface area contributed by atoms with Crippen LogP contribution >= 0.6 is 0 Å². The fourth-order valence-corrected chi connectivity index (χ4v) is 9.16. The number of esters is 2. The quantitative estimate of drug-likeness (QED) is 0.252. The van der Waals surface area contributed by atoms with Crippen molar-refractivity contribution in [1.82, 2.24) is 0 Å². The fourth-order valence-electron chi connectivity index (χ4n) is 9.16. The molecule has 0 bridgehead atoms. The maximum absolute atomic E-state index is 12.3. The maximum atomic E-state index is 12.3. The molecule has 0 aliphatic heterocycles. The summed E-state index contributed by atoms with van der Waals surface area (Å²) in [7, 11) is 0. The zero-order chi connectivity index (χ0) is 27.1. The number of aliphatic hydroxyl groups excluding tert-OH is 3. The van der Waals surface area contributed by atoms with E-state index in [1.54, 1.807) is 6.92 Å². The third-order valence-corrected chi connectivity index (χ3v) is 11.3. The Bertz CT molecular complexity index is 872. The highest BCUT2D eigenvalue weighted by molar-refractivity contribution is 5.86. The molecule has 0 aromatic rings. The van der Waals surface area contributed by atoms with Gasteiger partial charge in [0.1, 0.15) is 13.2 Å². The summed E-state index contributed by atoms with van der Waals surface area (Å²) in [5.74, 6) is 0.782. The van der Waals surface area contributed by atoms with E-state index in [1.807, 2.05) is 0 Å². The van der Waals surface area contributed by atoms with E-state index < -0.39 is 12.1 Å². The van der Waals surface area contributed by atoms with Gasteiger partial charge in [-0.1, -0.05) is 27.4 Å². The predicted molar refractivity (Wildman–Crippen MR) is 139 cm³/mol. The molecule has 0 aromatic carbocycles. The number of rotatable bonds is 8. The first-order valence-corrected chi connectivity index (χ1v) is 14.4. The topological polar surface area (TPSA) is 113 Å². The minimum absolute atomic E-state index is 0.0190. The van der Waals surface area contributed by atoms with Crippen molar-refractivity contribution in [3.63, 3.8) is 0 Å². The van der Waals surface area contributed by atoms with E-state index in [0.717, 1.165) is 38.5 Å². The Balaban J connectivity index is 1.36. The first-order valence-electron chi connectivity index (χ1n) is 14.4. The summed E-state index contributed by atoms with van der Waals surface area (Å²) in [6.45, 7) is 11.9. The van der Waals surface area contributed by atoms with Gasteiger partial charge in [0.25, 0.3) is 0 Å². The molecule has 4 fully saturated rings. The second-order valence-corrected chi connectivity index (χ2v) is 13.2. The van der Waals surface area contributed by atoms with Gasteiger partial charge in [-0.15, -0.1) is 0 Å². The maximum Gasteiger partial charge on any atom is 0.333 e. The van der Waals surface area contributed by atoms with Crippen LogP contribution in [0.25, 0.3) is 0 Å². The summed E-state index contributed by atoms with van der Waals surface area (Å²) in [6, 6.07) is 0. The molecule has 0 saturated heterocycles. The van der Waals surface area contributed by atoms with Crippen molar-refractivity contribution in [1.29, 1.82) is 0 Å². The monoisotopic (exact) mass is 520 g/mol. The van der Waals surface area contributed by atoms with E-state index in [4.69, 9.17) is 9.47 Å². The zero-order valence-corrected chi connectivity index (χ0v) is 23.2. The number of carbonyl (C=O) groups excluding carboxylic acids is 2. The van der Waals surface area contributed by atoms with Crippen LogP contribution in [0.5, 0.6) is 0 Å². The summed E-state index contributed by atoms with van der Waals surface area (Å²) >= 11 is 0. The Morgan fingerprint density at radius 1 is 1.00 bits per heavy atom. The SMILES string of the molecule is C=C(C)C(=O)OCCOC(=O)CC[C@@H](C)[C@H]1CC[C@H]2[C@@H]3[C@H](O)C[C@@H]4C[C@H](O)CC[C@]4(C)[C@H]3C[C@H](O)[C@]12C. The van der Waals surface area contributed by atoms with Crippen molar-refractivity contribution in [3.05, 3.63) is 12.2 Å². The molecule has 0 heterocycles. The Hall–Kier alpha value is -1.44. The highest BCUT2D eigenvalue weighted by Gasteiger charge is 2.65. The van der Waals surface area contributed by atoms with Crippen LogP contribution in [0.3, 0.4) is 0 Å². The van der Waals surface area contributed by atoms with Gasteiger partial charge in [0.2, 0.25) is 0 Å². The molecule has 210 valence electrons. The van der Waals surface area contributed by atoms with Gasteiger partial charge >= 0.3 is 11.9 Å².